The second kappa shape index (κ2) is 8.43. The van der Waals surface area contributed by atoms with Crippen LogP contribution in [0.3, 0.4) is 0 Å². The summed E-state index contributed by atoms with van der Waals surface area (Å²) in [4.78, 5) is 22.6. The second-order valence-electron chi connectivity index (χ2n) is 6.06. The molecule has 8 heteroatoms. The van der Waals surface area contributed by atoms with Crippen LogP contribution < -0.4 is 14.8 Å². The summed E-state index contributed by atoms with van der Waals surface area (Å²) >= 11 is 0. The molecule has 0 radical (unpaired) electrons. The topological polar surface area (TPSA) is 104 Å². The summed E-state index contributed by atoms with van der Waals surface area (Å²) in [6.07, 6.45) is 0. The van der Waals surface area contributed by atoms with Crippen molar-refractivity contribution >= 4 is 22.6 Å². The van der Waals surface area contributed by atoms with Crippen LogP contribution in [0.25, 0.3) is 11.0 Å². The summed E-state index contributed by atoms with van der Waals surface area (Å²) in [6, 6.07) is 12.9. The van der Waals surface area contributed by atoms with Crippen molar-refractivity contribution in [2.75, 3.05) is 13.2 Å². The monoisotopic (exact) mass is 384 g/mol. The molecule has 3 aromatic rings. The van der Waals surface area contributed by atoms with Crippen molar-refractivity contribution in [1.29, 1.82) is 0 Å². The van der Waals surface area contributed by atoms with Gasteiger partial charge in [-0.2, -0.15) is 0 Å². The van der Waals surface area contributed by atoms with Crippen molar-refractivity contribution in [1.82, 2.24) is 5.32 Å². The number of amides is 1. The van der Waals surface area contributed by atoms with Crippen molar-refractivity contribution in [3.8, 4) is 11.5 Å². The van der Waals surface area contributed by atoms with E-state index in [1.807, 2.05) is 31.2 Å². The van der Waals surface area contributed by atoms with Gasteiger partial charge in [-0.15, -0.1) is 0 Å². The molecular formula is C20H20N2O6. The van der Waals surface area contributed by atoms with Gasteiger partial charge in [-0.3, -0.25) is 14.9 Å². The highest BCUT2D eigenvalue weighted by molar-refractivity contribution is 5.84. The van der Waals surface area contributed by atoms with E-state index in [0.29, 0.717) is 23.7 Å². The molecule has 1 heterocycles. The lowest BCUT2D eigenvalue weighted by Crippen LogP contribution is -2.31. The van der Waals surface area contributed by atoms with Crippen LogP contribution >= 0.6 is 0 Å². The molecule has 146 valence electrons. The van der Waals surface area contributed by atoms with Gasteiger partial charge in [0.25, 0.3) is 5.91 Å². The molecule has 28 heavy (non-hydrogen) atoms. The summed E-state index contributed by atoms with van der Waals surface area (Å²) in [5, 5.41) is 14.6. The zero-order chi connectivity index (χ0) is 20.1. The Balaban J connectivity index is 1.65. The molecule has 0 aliphatic heterocycles. The lowest BCUT2D eigenvalue weighted by Gasteiger charge is -2.12. The third kappa shape index (κ3) is 4.22. The summed E-state index contributed by atoms with van der Waals surface area (Å²) in [5.74, 6) is 0.835. The lowest BCUT2D eigenvalue weighted by atomic mass is 10.2. The minimum Gasteiger partial charge on any atom is -0.490 e. The minimum atomic E-state index is -0.555. The summed E-state index contributed by atoms with van der Waals surface area (Å²) in [5.41, 5.74) is 0.431. The highest BCUT2D eigenvalue weighted by Gasteiger charge is 2.18. The average Bonchev–Trinajstić information content (AvgIpc) is 3.12. The number of hydrogen-bond donors (Lipinski definition) is 1. The van der Waals surface area contributed by atoms with Crippen molar-refractivity contribution in [2.45, 2.75) is 19.9 Å². The van der Waals surface area contributed by atoms with E-state index in [-0.39, 0.29) is 18.0 Å². The Hall–Kier alpha value is -3.55. The first kappa shape index (κ1) is 19.2. The van der Waals surface area contributed by atoms with Gasteiger partial charge in [-0.05, 0) is 32.0 Å². The maximum Gasteiger partial charge on any atom is 0.310 e. The maximum absolute atomic E-state index is 12.2. The zero-order valence-corrected chi connectivity index (χ0v) is 15.5. The third-order valence-electron chi connectivity index (χ3n) is 4.05. The Morgan fingerprint density at radius 2 is 1.93 bits per heavy atom. The molecule has 1 atom stereocenters. The number of carbonyl (C=O) groups excluding carboxylic acids is 1. The Bertz CT molecular complexity index is 997. The number of nitro benzene ring substituents is 1. The highest BCUT2D eigenvalue weighted by atomic mass is 16.6. The first-order valence-electron chi connectivity index (χ1n) is 8.80. The van der Waals surface area contributed by atoms with Crippen LogP contribution in [0.1, 0.15) is 25.6 Å². The molecule has 2 aromatic carbocycles. The Morgan fingerprint density at radius 1 is 1.18 bits per heavy atom. The van der Waals surface area contributed by atoms with E-state index in [9.17, 15) is 14.9 Å². The zero-order valence-electron chi connectivity index (χ0n) is 15.5. The molecule has 1 aromatic heterocycles. The van der Waals surface area contributed by atoms with Gasteiger partial charge < -0.3 is 19.2 Å². The number of nitrogens with zero attached hydrogens (tertiary/aromatic N) is 1. The molecule has 3 rings (SSSR count). The number of benzene rings is 2. The fourth-order valence-corrected chi connectivity index (χ4v) is 2.77. The SMILES string of the molecule is CCOc1cccc2cc(C(C)NC(=O)COc3ccccc3[N+](=O)[O-])oc12. The molecule has 0 saturated carbocycles. The van der Waals surface area contributed by atoms with Gasteiger partial charge in [-0.25, -0.2) is 0 Å². The molecule has 0 aliphatic carbocycles. The van der Waals surface area contributed by atoms with E-state index in [4.69, 9.17) is 13.9 Å². The van der Waals surface area contributed by atoms with Crippen molar-refractivity contribution in [3.63, 3.8) is 0 Å². The molecule has 0 spiro atoms. The average molecular weight is 384 g/mol. The normalized spacial score (nSPS) is 11.8. The van der Waals surface area contributed by atoms with Gasteiger partial charge in [0.05, 0.1) is 17.6 Å². The third-order valence-corrected chi connectivity index (χ3v) is 4.05. The first-order valence-corrected chi connectivity index (χ1v) is 8.80. The van der Waals surface area contributed by atoms with E-state index < -0.39 is 16.9 Å². The minimum absolute atomic E-state index is 0.0420. The van der Waals surface area contributed by atoms with E-state index in [1.165, 1.54) is 18.2 Å². The second-order valence-corrected chi connectivity index (χ2v) is 6.06. The summed E-state index contributed by atoms with van der Waals surface area (Å²) in [6.45, 7) is 3.84. The number of furan rings is 1. The molecule has 0 bridgehead atoms. The molecule has 8 nitrogen and oxygen atoms in total. The van der Waals surface area contributed by atoms with Crippen LogP contribution in [-0.4, -0.2) is 24.0 Å². The molecule has 1 amide bonds. The van der Waals surface area contributed by atoms with Crippen LogP contribution in [-0.2, 0) is 4.79 Å². The molecule has 0 saturated heterocycles. The predicted molar refractivity (Wildman–Crippen MR) is 103 cm³/mol. The number of fused-ring (bicyclic) bond motifs is 1. The van der Waals surface area contributed by atoms with Crippen LogP contribution in [0, 0.1) is 10.1 Å². The van der Waals surface area contributed by atoms with Crippen molar-refractivity contribution in [2.24, 2.45) is 0 Å². The van der Waals surface area contributed by atoms with E-state index in [0.717, 1.165) is 5.39 Å². The fraction of sp³-hybridized carbons (Fsp3) is 0.250. The molecular weight excluding hydrogens is 364 g/mol. The Kier molecular flexibility index (Phi) is 5.78. The van der Waals surface area contributed by atoms with Crippen LogP contribution in [0.2, 0.25) is 0 Å². The predicted octanol–water partition coefficient (Wildman–Crippen LogP) is 4.00. The number of carbonyl (C=O) groups is 1. The summed E-state index contributed by atoms with van der Waals surface area (Å²) < 4.78 is 16.7. The fourth-order valence-electron chi connectivity index (χ4n) is 2.77. The van der Waals surface area contributed by atoms with E-state index in [1.54, 1.807) is 13.0 Å². The lowest BCUT2D eigenvalue weighted by molar-refractivity contribution is -0.385. The number of nitro groups is 1. The number of rotatable bonds is 8. The van der Waals surface area contributed by atoms with E-state index in [2.05, 4.69) is 5.32 Å². The Morgan fingerprint density at radius 3 is 2.68 bits per heavy atom. The largest absolute Gasteiger partial charge is 0.490 e. The van der Waals surface area contributed by atoms with Crippen molar-refractivity contribution in [3.05, 3.63) is 64.4 Å². The molecule has 1 unspecified atom stereocenters. The van der Waals surface area contributed by atoms with Gasteiger partial charge in [0, 0.05) is 11.5 Å². The van der Waals surface area contributed by atoms with Gasteiger partial charge >= 0.3 is 5.69 Å². The molecule has 0 aliphatic rings. The van der Waals surface area contributed by atoms with Crippen molar-refractivity contribution < 1.29 is 23.6 Å². The number of nitrogens with one attached hydrogen (secondary N) is 1. The summed E-state index contributed by atoms with van der Waals surface area (Å²) in [7, 11) is 0. The van der Waals surface area contributed by atoms with Crippen LogP contribution in [0.15, 0.2) is 52.9 Å². The smallest absolute Gasteiger partial charge is 0.310 e. The Labute approximate surface area is 161 Å². The van der Waals surface area contributed by atoms with Gasteiger partial charge in [0.1, 0.15) is 5.76 Å². The highest BCUT2D eigenvalue weighted by Crippen LogP contribution is 2.31. The van der Waals surface area contributed by atoms with E-state index >= 15 is 0 Å². The number of ether oxygens (including phenoxy) is 2. The first-order chi connectivity index (χ1) is 13.5. The standard InChI is InChI=1S/C20H20N2O6/c1-3-26-17-10-6-7-14-11-18(28-20(14)17)13(2)21-19(23)12-27-16-9-5-4-8-15(16)22(24)25/h4-11,13H,3,12H2,1-2H3,(H,21,23). The van der Waals surface area contributed by atoms with Gasteiger partial charge in [0.15, 0.2) is 23.7 Å². The quantitative estimate of drug-likeness (QED) is 0.465. The molecule has 0 fully saturated rings. The van der Waals surface area contributed by atoms with Crippen LogP contribution in [0.4, 0.5) is 5.69 Å². The molecule has 1 N–H and O–H groups in total. The van der Waals surface area contributed by atoms with Gasteiger partial charge in [-0.1, -0.05) is 24.3 Å². The number of hydrogen-bond acceptors (Lipinski definition) is 6. The van der Waals surface area contributed by atoms with Crippen LogP contribution in [0.5, 0.6) is 11.5 Å². The maximum atomic E-state index is 12.2. The number of para-hydroxylation sites is 3. The van der Waals surface area contributed by atoms with Gasteiger partial charge in [0.2, 0.25) is 0 Å².